The van der Waals surface area contributed by atoms with Gasteiger partial charge in [0.25, 0.3) is 0 Å². The summed E-state index contributed by atoms with van der Waals surface area (Å²) in [5, 5.41) is 14.9. The molecule has 2 aromatic carbocycles. The lowest BCUT2D eigenvalue weighted by molar-refractivity contribution is -0.145. The molecule has 1 saturated carbocycles. The van der Waals surface area contributed by atoms with Crippen LogP contribution in [0.1, 0.15) is 56.1 Å². The van der Waals surface area contributed by atoms with Gasteiger partial charge in [0, 0.05) is 12.5 Å². The summed E-state index contributed by atoms with van der Waals surface area (Å²) in [5.74, 6) is -1.67. The lowest BCUT2D eigenvalue weighted by Gasteiger charge is -2.29. The average molecular weight is 465 g/mol. The highest BCUT2D eigenvalue weighted by molar-refractivity contribution is 5.85. The first kappa shape index (κ1) is 23.8. The fraction of sp³-hybridized carbons (Fsp3) is 0.444. The summed E-state index contributed by atoms with van der Waals surface area (Å²) in [5.41, 5.74) is 4.56. The molecule has 0 spiro atoms. The summed E-state index contributed by atoms with van der Waals surface area (Å²) in [6, 6.07) is 15.5. The van der Waals surface area contributed by atoms with Crippen molar-refractivity contribution in [3.05, 3.63) is 59.7 Å². The second-order valence-corrected chi connectivity index (χ2v) is 9.17. The van der Waals surface area contributed by atoms with E-state index in [1.54, 1.807) is 0 Å². The highest BCUT2D eigenvalue weighted by Crippen LogP contribution is 2.44. The van der Waals surface area contributed by atoms with Gasteiger partial charge >= 0.3 is 12.1 Å². The number of carbonyl (C=O) groups is 3. The number of carbonyl (C=O) groups excluding carboxylic acids is 2. The van der Waals surface area contributed by atoms with Gasteiger partial charge in [-0.3, -0.25) is 9.59 Å². The fourth-order valence-corrected chi connectivity index (χ4v) is 5.27. The standard InChI is InChI=1S/C27H32N2O5/c1-2-24(25(30)28-15-17-9-3-4-10-18(17)26(31)32)29-27(33)34-16-23-21-13-7-5-11-19(21)20-12-6-8-14-22(20)23/h5-8,11-14,17-18,23-24H,2-4,9-10,15-16H2,1H3,(H,28,30)(H,29,33)(H,31,32)/t17-,18-,24+/m0/s1. The number of carboxylic acids is 1. The van der Waals surface area contributed by atoms with Crippen LogP contribution in [0.3, 0.4) is 0 Å². The molecule has 0 aromatic heterocycles. The maximum Gasteiger partial charge on any atom is 0.407 e. The van der Waals surface area contributed by atoms with Crippen molar-refractivity contribution in [3.63, 3.8) is 0 Å². The first-order valence-corrected chi connectivity index (χ1v) is 12.1. The minimum absolute atomic E-state index is 0.0497. The minimum Gasteiger partial charge on any atom is -0.481 e. The largest absolute Gasteiger partial charge is 0.481 e. The maximum atomic E-state index is 12.7. The first-order valence-electron chi connectivity index (χ1n) is 12.1. The van der Waals surface area contributed by atoms with Crippen LogP contribution in [0, 0.1) is 11.8 Å². The molecule has 3 atom stereocenters. The Bertz CT molecular complexity index is 1010. The van der Waals surface area contributed by atoms with Crippen LogP contribution in [-0.2, 0) is 14.3 Å². The van der Waals surface area contributed by atoms with E-state index in [1.807, 2.05) is 31.2 Å². The predicted molar refractivity (Wildman–Crippen MR) is 128 cm³/mol. The molecule has 0 radical (unpaired) electrons. The number of hydrogen-bond acceptors (Lipinski definition) is 4. The molecule has 180 valence electrons. The van der Waals surface area contributed by atoms with E-state index < -0.39 is 24.0 Å². The molecule has 0 bridgehead atoms. The summed E-state index contributed by atoms with van der Waals surface area (Å²) < 4.78 is 5.56. The third-order valence-electron chi connectivity index (χ3n) is 7.13. The number of carboxylic acid groups (broad SMARTS) is 1. The third kappa shape index (κ3) is 5.08. The molecule has 3 N–H and O–H groups in total. The van der Waals surface area contributed by atoms with Crippen molar-refractivity contribution in [2.45, 2.75) is 51.0 Å². The van der Waals surface area contributed by atoms with Crippen molar-refractivity contribution in [1.29, 1.82) is 0 Å². The molecule has 2 aromatic rings. The number of benzene rings is 2. The molecule has 0 saturated heterocycles. The van der Waals surface area contributed by atoms with E-state index >= 15 is 0 Å². The van der Waals surface area contributed by atoms with Crippen LogP contribution < -0.4 is 10.6 Å². The van der Waals surface area contributed by atoms with Gasteiger partial charge in [-0.05, 0) is 47.4 Å². The second-order valence-electron chi connectivity index (χ2n) is 9.17. The van der Waals surface area contributed by atoms with Gasteiger partial charge in [-0.1, -0.05) is 68.3 Å². The molecule has 7 nitrogen and oxygen atoms in total. The monoisotopic (exact) mass is 464 g/mol. The number of nitrogens with one attached hydrogen (secondary N) is 2. The van der Waals surface area contributed by atoms with Crippen molar-refractivity contribution >= 4 is 18.0 Å². The highest BCUT2D eigenvalue weighted by Gasteiger charge is 2.32. The smallest absolute Gasteiger partial charge is 0.407 e. The third-order valence-corrected chi connectivity index (χ3v) is 7.13. The Kier molecular flexibility index (Phi) is 7.50. The molecule has 34 heavy (non-hydrogen) atoms. The van der Waals surface area contributed by atoms with Gasteiger partial charge in [0.05, 0.1) is 5.92 Å². The van der Waals surface area contributed by atoms with Crippen molar-refractivity contribution in [2.24, 2.45) is 11.8 Å². The Balaban J connectivity index is 1.31. The van der Waals surface area contributed by atoms with Crippen LogP contribution >= 0.6 is 0 Å². The number of alkyl carbamates (subject to hydrolysis) is 1. The average Bonchev–Trinajstić information content (AvgIpc) is 3.18. The molecule has 0 aliphatic heterocycles. The van der Waals surface area contributed by atoms with E-state index in [2.05, 4.69) is 34.9 Å². The van der Waals surface area contributed by atoms with Gasteiger partial charge in [-0.2, -0.15) is 0 Å². The first-order chi connectivity index (χ1) is 16.5. The molecule has 2 aliphatic rings. The van der Waals surface area contributed by atoms with Crippen molar-refractivity contribution < 1.29 is 24.2 Å². The summed E-state index contributed by atoms with van der Waals surface area (Å²) in [6.45, 7) is 2.30. The van der Waals surface area contributed by atoms with Gasteiger partial charge in [0.2, 0.25) is 5.91 Å². The van der Waals surface area contributed by atoms with Gasteiger partial charge in [-0.25, -0.2) is 4.79 Å². The normalized spacial score (nSPS) is 20.0. The van der Waals surface area contributed by atoms with Crippen LogP contribution in [0.25, 0.3) is 11.1 Å². The Morgan fingerprint density at radius 2 is 1.62 bits per heavy atom. The zero-order chi connectivity index (χ0) is 24.1. The van der Waals surface area contributed by atoms with Crippen LogP contribution in [-0.4, -0.2) is 42.3 Å². The molecule has 4 rings (SSSR count). The van der Waals surface area contributed by atoms with E-state index in [0.29, 0.717) is 19.4 Å². The van der Waals surface area contributed by atoms with Crippen LogP contribution in [0.2, 0.25) is 0 Å². The van der Waals surface area contributed by atoms with Crippen molar-refractivity contribution in [3.8, 4) is 11.1 Å². The molecule has 0 unspecified atom stereocenters. The topological polar surface area (TPSA) is 105 Å². The van der Waals surface area contributed by atoms with Gasteiger partial charge in [0.15, 0.2) is 0 Å². The Morgan fingerprint density at radius 1 is 1.00 bits per heavy atom. The Hall–Kier alpha value is -3.35. The zero-order valence-electron chi connectivity index (χ0n) is 19.5. The number of hydrogen-bond donors (Lipinski definition) is 3. The number of amides is 2. The second kappa shape index (κ2) is 10.7. The predicted octanol–water partition coefficient (Wildman–Crippen LogP) is 4.31. The lowest BCUT2D eigenvalue weighted by atomic mass is 9.79. The molecule has 2 amide bonds. The van der Waals surface area contributed by atoms with Gasteiger partial charge in [-0.15, -0.1) is 0 Å². The number of aliphatic carboxylic acids is 1. The fourth-order valence-electron chi connectivity index (χ4n) is 5.27. The van der Waals surface area contributed by atoms with E-state index in [4.69, 9.17) is 4.74 Å². The highest BCUT2D eigenvalue weighted by atomic mass is 16.5. The summed E-state index contributed by atoms with van der Waals surface area (Å²) in [7, 11) is 0. The van der Waals surface area contributed by atoms with Crippen LogP contribution in [0.15, 0.2) is 48.5 Å². The SMILES string of the molecule is CC[C@@H](NC(=O)OCC1c2ccccc2-c2ccccc21)C(=O)NC[C@@H]1CCCC[C@@H]1C(=O)O. The molecule has 2 aliphatic carbocycles. The van der Waals surface area contributed by atoms with Crippen LogP contribution in [0.5, 0.6) is 0 Å². The van der Waals surface area contributed by atoms with E-state index in [9.17, 15) is 19.5 Å². The number of fused-ring (bicyclic) bond motifs is 3. The number of rotatable bonds is 8. The Morgan fingerprint density at radius 3 is 2.24 bits per heavy atom. The lowest BCUT2D eigenvalue weighted by Crippen LogP contribution is -2.48. The summed E-state index contributed by atoms with van der Waals surface area (Å²) in [6.07, 6.45) is 3.08. The molecular formula is C27H32N2O5. The quantitative estimate of drug-likeness (QED) is 0.540. The maximum absolute atomic E-state index is 12.7. The molecular weight excluding hydrogens is 432 g/mol. The number of ether oxygens (including phenoxy) is 1. The molecule has 1 fully saturated rings. The summed E-state index contributed by atoms with van der Waals surface area (Å²) >= 11 is 0. The van der Waals surface area contributed by atoms with Crippen molar-refractivity contribution in [2.75, 3.05) is 13.2 Å². The van der Waals surface area contributed by atoms with Gasteiger partial charge in [0.1, 0.15) is 12.6 Å². The van der Waals surface area contributed by atoms with Crippen LogP contribution in [0.4, 0.5) is 4.79 Å². The Labute approximate surface area is 199 Å². The van der Waals surface area contributed by atoms with E-state index in [-0.39, 0.29) is 24.3 Å². The molecule has 0 heterocycles. The van der Waals surface area contributed by atoms with Crippen molar-refractivity contribution in [1.82, 2.24) is 10.6 Å². The van der Waals surface area contributed by atoms with E-state index in [0.717, 1.165) is 41.5 Å². The van der Waals surface area contributed by atoms with Gasteiger partial charge < -0.3 is 20.5 Å². The minimum atomic E-state index is -0.803. The van der Waals surface area contributed by atoms with E-state index in [1.165, 1.54) is 0 Å². The molecule has 7 heteroatoms. The summed E-state index contributed by atoms with van der Waals surface area (Å²) in [4.78, 5) is 36.7. The zero-order valence-corrected chi connectivity index (χ0v) is 19.5.